The molecule has 27 heavy (non-hydrogen) atoms. The van der Waals surface area contributed by atoms with Crippen molar-refractivity contribution in [1.29, 1.82) is 0 Å². The largest absolute Gasteiger partial charge is 0.497 e. The lowest BCUT2D eigenvalue weighted by atomic mass is 10.1. The lowest BCUT2D eigenvalue weighted by molar-refractivity contribution is 0.0610. The molecule has 0 spiro atoms. The maximum atomic E-state index is 13.5. The number of aliphatic hydroxyl groups is 1. The van der Waals surface area contributed by atoms with Gasteiger partial charge in [0, 0.05) is 6.07 Å². The average Bonchev–Trinajstić information content (AvgIpc) is 3.01. The van der Waals surface area contributed by atoms with E-state index in [2.05, 4.69) is 11.8 Å². The van der Waals surface area contributed by atoms with Gasteiger partial charge < -0.3 is 19.3 Å². The van der Waals surface area contributed by atoms with Gasteiger partial charge in [-0.1, -0.05) is 11.8 Å². The zero-order chi connectivity index (χ0) is 19.2. The lowest BCUT2D eigenvalue weighted by Crippen LogP contribution is -2.34. The molecule has 0 amide bonds. The first-order chi connectivity index (χ1) is 13.1. The molecule has 1 heterocycles. The number of allylic oxidation sites excluding steroid dienone is 1. The van der Waals surface area contributed by atoms with Gasteiger partial charge in [0.15, 0.2) is 6.10 Å². The number of ether oxygens (including phenoxy) is 3. The molecular weight excluding hydrogens is 354 g/mol. The molecule has 0 aliphatic carbocycles. The molecule has 6 heteroatoms. The Hall–Kier alpha value is -2.88. The van der Waals surface area contributed by atoms with Crippen LogP contribution in [-0.2, 0) is 4.74 Å². The summed E-state index contributed by atoms with van der Waals surface area (Å²) in [5, 5.41) is 10.1. The quantitative estimate of drug-likeness (QED) is 0.838. The maximum absolute atomic E-state index is 13.5. The van der Waals surface area contributed by atoms with E-state index in [4.69, 9.17) is 14.2 Å². The Labute approximate surface area is 156 Å². The fourth-order valence-electron chi connectivity index (χ4n) is 2.59. The van der Waals surface area contributed by atoms with Crippen molar-refractivity contribution in [3.05, 3.63) is 71.8 Å². The minimum atomic E-state index is -0.788. The molecule has 0 radical (unpaired) electrons. The van der Waals surface area contributed by atoms with Gasteiger partial charge >= 0.3 is 0 Å². The minimum Gasteiger partial charge on any atom is -0.497 e. The molecule has 4 nitrogen and oxygen atoms in total. The molecule has 3 rings (SSSR count). The fraction of sp³-hybridized carbons (Fsp3) is 0.238. The van der Waals surface area contributed by atoms with Crippen LogP contribution in [0.15, 0.2) is 54.6 Å². The molecule has 0 aromatic heterocycles. The van der Waals surface area contributed by atoms with Gasteiger partial charge in [0.25, 0.3) is 0 Å². The number of aliphatic hydroxyl groups excluding tert-OH is 1. The van der Waals surface area contributed by atoms with Crippen molar-refractivity contribution >= 4 is 0 Å². The van der Waals surface area contributed by atoms with Crippen molar-refractivity contribution in [2.45, 2.75) is 18.3 Å². The van der Waals surface area contributed by atoms with Crippen LogP contribution in [0, 0.1) is 23.5 Å². The van der Waals surface area contributed by atoms with Crippen LogP contribution in [0.4, 0.5) is 8.78 Å². The number of rotatable bonds is 4. The van der Waals surface area contributed by atoms with Crippen molar-refractivity contribution in [3.63, 3.8) is 0 Å². The Kier molecular flexibility index (Phi) is 6.07. The van der Waals surface area contributed by atoms with Gasteiger partial charge in [-0.2, -0.15) is 0 Å². The van der Waals surface area contributed by atoms with Crippen molar-refractivity contribution in [2.24, 2.45) is 0 Å². The highest BCUT2D eigenvalue weighted by atomic mass is 19.1. The first kappa shape index (κ1) is 18.9. The second-order valence-corrected chi connectivity index (χ2v) is 5.88. The molecule has 1 N–H and O–H groups in total. The molecule has 1 fully saturated rings. The minimum absolute atomic E-state index is 0.0967. The van der Waals surface area contributed by atoms with E-state index >= 15 is 0 Å². The number of benzene rings is 2. The second-order valence-electron chi connectivity index (χ2n) is 5.88. The lowest BCUT2D eigenvalue weighted by Gasteiger charge is -2.19. The van der Waals surface area contributed by atoms with E-state index < -0.39 is 29.9 Å². The van der Waals surface area contributed by atoms with Gasteiger partial charge in [-0.3, -0.25) is 0 Å². The van der Waals surface area contributed by atoms with Crippen molar-refractivity contribution < 1.29 is 28.1 Å². The smallest absolute Gasteiger partial charge is 0.156 e. The van der Waals surface area contributed by atoms with E-state index in [0.29, 0.717) is 11.5 Å². The summed E-state index contributed by atoms with van der Waals surface area (Å²) in [5.41, 5.74) is 0.0967. The Morgan fingerprint density at radius 1 is 1.15 bits per heavy atom. The normalized spacial score (nSPS) is 21.7. The van der Waals surface area contributed by atoms with Crippen LogP contribution in [0.5, 0.6) is 11.5 Å². The molecular formula is C21H18F2O4. The van der Waals surface area contributed by atoms with Crippen LogP contribution in [-0.4, -0.2) is 37.1 Å². The summed E-state index contributed by atoms with van der Waals surface area (Å²) in [4.78, 5) is 0. The molecule has 2 aromatic rings. The van der Waals surface area contributed by atoms with Gasteiger partial charge in [-0.05, 0) is 48.6 Å². The van der Waals surface area contributed by atoms with E-state index in [9.17, 15) is 13.9 Å². The van der Waals surface area contributed by atoms with Crippen molar-refractivity contribution in [1.82, 2.24) is 0 Å². The maximum Gasteiger partial charge on any atom is 0.156 e. The third kappa shape index (κ3) is 4.85. The number of hydrogen-bond acceptors (Lipinski definition) is 4. The Morgan fingerprint density at radius 3 is 2.59 bits per heavy atom. The molecule has 2 aromatic carbocycles. The topological polar surface area (TPSA) is 47.9 Å². The van der Waals surface area contributed by atoms with Gasteiger partial charge in [-0.15, -0.1) is 0 Å². The van der Waals surface area contributed by atoms with E-state index in [1.54, 1.807) is 37.5 Å². The zero-order valence-corrected chi connectivity index (χ0v) is 14.6. The summed E-state index contributed by atoms with van der Waals surface area (Å²) in [5.74, 6) is 5.18. The molecule has 0 saturated carbocycles. The summed E-state index contributed by atoms with van der Waals surface area (Å²) < 4.78 is 42.8. The highest BCUT2D eigenvalue weighted by molar-refractivity contribution is 5.38. The third-order valence-corrected chi connectivity index (χ3v) is 4.00. The predicted molar refractivity (Wildman–Crippen MR) is 95.5 cm³/mol. The van der Waals surface area contributed by atoms with Crippen LogP contribution < -0.4 is 9.47 Å². The molecule has 1 aliphatic rings. The van der Waals surface area contributed by atoms with E-state index in [1.165, 1.54) is 12.1 Å². The summed E-state index contributed by atoms with van der Waals surface area (Å²) in [7, 11) is 1.57. The average molecular weight is 372 g/mol. The Balaban J connectivity index is 1.66. The summed E-state index contributed by atoms with van der Waals surface area (Å²) in [6.45, 7) is 0.135. The standard InChI is InChI=1S/C21H18F2O4/c1-25-16-8-10-17(11-9-16)27-21-19(24)13-26-20(21)5-3-2-4-14-6-7-15(22)12-18(14)23/h3,5-12,19-21,24H,13H2,1H3/b5-3+. The van der Waals surface area contributed by atoms with Crippen LogP contribution >= 0.6 is 0 Å². The van der Waals surface area contributed by atoms with Gasteiger partial charge in [-0.25, -0.2) is 8.78 Å². The van der Waals surface area contributed by atoms with Crippen molar-refractivity contribution in [2.75, 3.05) is 13.7 Å². The first-order valence-corrected chi connectivity index (χ1v) is 8.30. The number of methoxy groups -OCH3 is 1. The van der Waals surface area contributed by atoms with Crippen molar-refractivity contribution in [3.8, 4) is 23.3 Å². The Morgan fingerprint density at radius 2 is 1.89 bits per heavy atom. The summed E-state index contributed by atoms with van der Waals surface area (Å²) in [6, 6.07) is 10.2. The van der Waals surface area contributed by atoms with Gasteiger partial charge in [0.05, 0.1) is 19.3 Å². The summed E-state index contributed by atoms with van der Waals surface area (Å²) in [6.07, 6.45) is 1.24. The molecule has 3 unspecified atom stereocenters. The fourth-order valence-corrected chi connectivity index (χ4v) is 2.59. The zero-order valence-electron chi connectivity index (χ0n) is 14.6. The Bertz CT molecular complexity index is 868. The predicted octanol–water partition coefficient (Wildman–Crippen LogP) is 3.09. The molecule has 0 bridgehead atoms. The first-order valence-electron chi connectivity index (χ1n) is 8.30. The van der Waals surface area contributed by atoms with Crippen LogP contribution in [0.25, 0.3) is 0 Å². The van der Waals surface area contributed by atoms with Crippen LogP contribution in [0.1, 0.15) is 5.56 Å². The molecule has 140 valence electrons. The van der Waals surface area contributed by atoms with Crippen LogP contribution in [0.3, 0.4) is 0 Å². The SMILES string of the molecule is COc1ccc(OC2C(O)COC2/C=C/C#Cc2ccc(F)cc2F)cc1. The number of hydrogen-bond donors (Lipinski definition) is 1. The van der Waals surface area contributed by atoms with E-state index in [1.807, 2.05) is 0 Å². The highest BCUT2D eigenvalue weighted by Gasteiger charge is 2.36. The molecule has 1 aliphatic heterocycles. The van der Waals surface area contributed by atoms with Gasteiger partial charge in [0.2, 0.25) is 0 Å². The number of halogens is 2. The summed E-state index contributed by atoms with van der Waals surface area (Å²) >= 11 is 0. The van der Waals surface area contributed by atoms with E-state index in [-0.39, 0.29) is 12.2 Å². The molecule has 1 saturated heterocycles. The van der Waals surface area contributed by atoms with E-state index in [0.717, 1.165) is 12.1 Å². The van der Waals surface area contributed by atoms with Crippen LogP contribution in [0.2, 0.25) is 0 Å². The second kappa shape index (κ2) is 8.67. The third-order valence-electron chi connectivity index (χ3n) is 4.00. The monoisotopic (exact) mass is 372 g/mol. The highest BCUT2D eigenvalue weighted by Crippen LogP contribution is 2.24. The van der Waals surface area contributed by atoms with Gasteiger partial charge in [0.1, 0.15) is 35.3 Å². The molecule has 3 atom stereocenters.